The molecular weight excluding hydrogens is 326 g/mol. The first-order valence-electron chi connectivity index (χ1n) is 6.18. The molecule has 0 bridgehead atoms. The van der Waals surface area contributed by atoms with Gasteiger partial charge in [0.05, 0.1) is 11.6 Å². The van der Waals surface area contributed by atoms with Crippen molar-refractivity contribution in [3.05, 3.63) is 22.2 Å². The average molecular weight is 344 g/mol. The molecule has 1 unspecified atom stereocenters. The van der Waals surface area contributed by atoms with Crippen molar-refractivity contribution in [1.82, 2.24) is 5.32 Å². The number of carbonyl (C=O) groups excluding carboxylic acids is 2. The van der Waals surface area contributed by atoms with Gasteiger partial charge in [-0.3, -0.25) is 9.59 Å². The Morgan fingerprint density at radius 1 is 1.35 bits per heavy atom. The first-order valence-corrected chi connectivity index (χ1v) is 6.98. The van der Waals surface area contributed by atoms with Crippen LogP contribution in [0.4, 0.5) is 0 Å². The molecule has 6 heteroatoms. The molecule has 0 heterocycles. The third-order valence-corrected chi connectivity index (χ3v) is 3.07. The van der Waals surface area contributed by atoms with E-state index in [4.69, 9.17) is 9.47 Å². The first kappa shape index (κ1) is 16.5. The predicted molar refractivity (Wildman–Crippen MR) is 79.5 cm³/mol. The van der Waals surface area contributed by atoms with Crippen LogP contribution in [0.5, 0.6) is 11.5 Å². The molecule has 0 aliphatic carbocycles. The Bertz CT molecular complexity index is 502. The Morgan fingerprint density at radius 2 is 2.00 bits per heavy atom. The highest BCUT2D eigenvalue weighted by atomic mass is 79.9. The fourth-order valence-corrected chi connectivity index (χ4v) is 2.11. The molecule has 0 fully saturated rings. The van der Waals surface area contributed by atoms with Gasteiger partial charge < -0.3 is 14.8 Å². The van der Waals surface area contributed by atoms with Crippen molar-refractivity contribution in [3.8, 4) is 11.5 Å². The molecule has 5 nitrogen and oxygen atoms in total. The summed E-state index contributed by atoms with van der Waals surface area (Å²) in [6, 6.07) is 3.20. The molecule has 1 aromatic rings. The number of hydrogen-bond donors (Lipinski definition) is 1. The molecule has 1 aromatic carbocycles. The van der Waals surface area contributed by atoms with Crippen molar-refractivity contribution in [2.24, 2.45) is 0 Å². The first-order chi connectivity index (χ1) is 9.38. The van der Waals surface area contributed by atoms with E-state index in [0.29, 0.717) is 27.8 Å². The van der Waals surface area contributed by atoms with Gasteiger partial charge in [-0.2, -0.15) is 0 Å². The molecule has 0 saturated carbocycles. The third-order valence-electron chi connectivity index (χ3n) is 2.48. The van der Waals surface area contributed by atoms with E-state index in [2.05, 4.69) is 21.2 Å². The highest BCUT2D eigenvalue weighted by Crippen LogP contribution is 2.37. The molecule has 1 rings (SSSR count). The van der Waals surface area contributed by atoms with E-state index in [0.717, 1.165) is 0 Å². The number of hydrogen-bond acceptors (Lipinski definition) is 4. The second-order valence-electron chi connectivity index (χ2n) is 4.58. The van der Waals surface area contributed by atoms with E-state index in [-0.39, 0.29) is 11.9 Å². The van der Waals surface area contributed by atoms with Crippen LogP contribution in [0.25, 0.3) is 0 Å². The van der Waals surface area contributed by atoms with Gasteiger partial charge in [0.15, 0.2) is 17.6 Å². The Balaban J connectivity index is 2.96. The lowest BCUT2D eigenvalue weighted by atomic mass is 10.2. The summed E-state index contributed by atoms with van der Waals surface area (Å²) >= 11 is 3.31. The number of ether oxygens (including phenoxy) is 2. The second-order valence-corrected chi connectivity index (χ2v) is 5.43. The van der Waals surface area contributed by atoms with Crippen molar-refractivity contribution >= 4 is 28.1 Å². The van der Waals surface area contributed by atoms with Crippen LogP contribution in [0.1, 0.15) is 31.1 Å². The van der Waals surface area contributed by atoms with E-state index in [1.165, 1.54) is 7.11 Å². The maximum Gasteiger partial charge on any atom is 0.260 e. The lowest BCUT2D eigenvalue weighted by Gasteiger charge is -2.19. The normalized spacial score (nSPS) is 11.9. The van der Waals surface area contributed by atoms with Crippen molar-refractivity contribution < 1.29 is 19.1 Å². The van der Waals surface area contributed by atoms with Crippen LogP contribution < -0.4 is 14.8 Å². The Morgan fingerprint density at radius 3 is 2.50 bits per heavy atom. The summed E-state index contributed by atoms with van der Waals surface area (Å²) in [5.41, 5.74) is 0.459. The monoisotopic (exact) mass is 343 g/mol. The molecule has 110 valence electrons. The molecule has 1 atom stereocenters. The van der Waals surface area contributed by atoms with Gasteiger partial charge in [-0.1, -0.05) is 0 Å². The van der Waals surface area contributed by atoms with Crippen LogP contribution in [0.15, 0.2) is 16.6 Å². The molecule has 20 heavy (non-hydrogen) atoms. The summed E-state index contributed by atoms with van der Waals surface area (Å²) in [5, 5.41) is 2.77. The van der Waals surface area contributed by atoms with Gasteiger partial charge in [-0.15, -0.1) is 0 Å². The molecule has 1 amide bonds. The van der Waals surface area contributed by atoms with Gasteiger partial charge in [-0.25, -0.2) is 0 Å². The zero-order chi connectivity index (χ0) is 15.3. The van der Waals surface area contributed by atoms with Gasteiger partial charge in [0.25, 0.3) is 5.91 Å². The van der Waals surface area contributed by atoms with E-state index >= 15 is 0 Å². The van der Waals surface area contributed by atoms with Gasteiger partial charge >= 0.3 is 0 Å². The molecule has 0 spiro atoms. The fraction of sp³-hybridized carbons (Fsp3) is 0.429. The Hall–Kier alpha value is -1.56. The van der Waals surface area contributed by atoms with Crippen LogP contribution in [0, 0.1) is 0 Å². The summed E-state index contributed by atoms with van der Waals surface area (Å²) in [4.78, 5) is 22.7. The van der Waals surface area contributed by atoms with E-state index in [9.17, 15) is 9.59 Å². The second kappa shape index (κ2) is 7.28. The lowest BCUT2D eigenvalue weighted by Crippen LogP contribution is -2.40. The Kier molecular flexibility index (Phi) is 6.01. The smallest absolute Gasteiger partial charge is 0.260 e. The molecule has 0 radical (unpaired) electrons. The van der Waals surface area contributed by atoms with Crippen molar-refractivity contribution in [2.75, 3.05) is 7.11 Å². The van der Waals surface area contributed by atoms with Gasteiger partial charge in [0, 0.05) is 11.6 Å². The Labute approximate surface area is 126 Å². The number of amides is 1. The molecule has 0 aliphatic heterocycles. The minimum absolute atomic E-state index is 0.0383. The topological polar surface area (TPSA) is 64.6 Å². The van der Waals surface area contributed by atoms with Crippen LogP contribution in [-0.4, -0.2) is 31.4 Å². The standard InChI is InChI=1S/C14H18BrNO4/c1-8(2)16-14(18)9(3)20-13-11(15)5-10(7-17)6-12(13)19-4/h5-9H,1-4H3,(H,16,18). The quantitative estimate of drug-likeness (QED) is 0.806. The summed E-state index contributed by atoms with van der Waals surface area (Å²) in [6.07, 6.45) is 0.0380. The van der Waals surface area contributed by atoms with Gasteiger partial charge in [-0.05, 0) is 48.8 Å². The highest BCUT2D eigenvalue weighted by Gasteiger charge is 2.20. The summed E-state index contributed by atoms with van der Waals surface area (Å²) in [5.74, 6) is 0.573. The van der Waals surface area contributed by atoms with Crippen LogP contribution in [-0.2, 0) is 4.79 Å². The number of aldehydes is 1. The molecule has 0 aliphatic rings. The number of carbonyl (C=O) groups is 2. The van der Waals surface area contributed by atoms with Crippen LogP contribution in [0.3, 0.4) is 0 Å². The summed E-state index contributed by atoms with van der Waals surface area (Å²) in [7, 11) is 1.47. The SMILES string of the molecule is COc1cc(C=O)cc(Br)c1OC(C)C(=O)NC(C)C. The van der Waals surface area contributed by atoms with E-state index < -0.39 is 6.10 Å². The lowest BCUT2D eigenvalue weighted by molar-refractivity contribution is -0.127. The van der Waals surface area contributed by atoms with Crippen molar-refractivity contribution in [3.63, 3.8) is 0 Å². The number of methoxy groups -OCH3 is 1. The van der Waals surface area contributed by atoms with Crippen LogP contribution >= 0.6 is 15.9 Å². The van der Waals surface area contributed by atoms with E-state index in [1.807, 2.05) is 13.8 Å². The number of halogens is 1. The number of rotatable bonds is 6. The third kappa shape index (κ3) is 4.23. The van der Waals surface area contributed by atoms with Crippen molar-refractivity contribution in [2.45, 2.75) is 32.9 Å². The highest BCUT2D eigenvalue weighted by molar-refractivity contribution is 9.10. The maximum atomic E-state index is 11.8. The fourth-order valence-electron chi connectivity index (χ4n) is 1.55. The average Bonchev–Trinajstić information content (AvgIpc) is 2.39. The molecule has 0 aromatic heterocycles. The minimum Gasteiger partial charge on any atom is -0.493 e. The van der Waals surface area contributed by atoms with Crippen LogP contribution in [0.2, 0.25) is 0 Å². The summed E-state index contributed by atoms with van der Waals surface area (Å²) in [6.45, 7) is 5.40. The van der Waals surface area contributed by atoms with Gasteiger partial charge in [0.2, 0.25) is 0 Å². The zero-order valence-corrected chi connectivity index (χ0v) is 13.5. The van der Waals surface area contributed by atoms with Gasteiger partial charge in [0.1, 0.15) is 6.29 Å². The molecular formula is C14H18BrNO4. The zero-order valence-electron chi connectivity index (χ0n) is 11.9. The van der Waals surface area contributed by atoms with E-state index in [1.54, 1.807) is 19.1 Å². The predicted octanol–water partition coefficient (Wildman–Crippen LogP) is 2.56. The largest absolute Gasteiger partial charge is 0.493 e. The van der Waals surface area contributed by atoms with Crippen molar-refractivity contribution in [1.29, 1.82) is 0 Å². The number of benzene rings is 1. The maximum absolute atomic E-state index is 11.8. The number of nitrogens with one attached hydrogen (secondary N) is 1. The summed E-state index contributed by atoms with van der Waals surface area (Å²) < 4.78 is 11.4. The molecule has 1 N–H and O–H groups in total. The minimum atomic E-state index is -0.676. The molecule has 0 saturated heterocycles.